The van der Waals surface area contributed by atoms with Crippen LogP contribution in [-0.2, 0) is 23.6 Å². The zero-order chi connectivity index (χ0) is 18.9. The van der Waals surface area contributed by atoms with Crippen molar-refractivity contribution in [3.63, 3.8) is 0 Å². The van der Waals surface area contributed by atoms with Crippen LogP contribution in [0.3, 0.4) is 0 Å². The van der Waals surface area contributed by atoms with Gasteiger partial charge in [0.25, 0.3) is 0 Å². The summed E-state index contributed by atoms with van der Waals surface area (Å²) in [6, 6.07) is 12.1. The lowest BCUT2D eigenvalue weighted by molar-refractivity contribution is 0.411. The number of ether oxygens (including phenoxy) is 1. The Morgan fingerprint density at radius 3 is 2.46 bits per heavy atom. The minimum atomic E-state index is -3.66. The molecular formula is C18H21N3O4S. The summed E-state index contributed by atoms with van der Waals surface area (Å²) >= 11 is 0. The van der Waals surface area contributed by atoms with Gasteiger partial charge in [0.1, 0.15) is 5.75 Å². The average molecular weight is 375 g/mol. The van der Waals surface area contributed by atoms with Crippen molar-refractivity contribution in [3.8, 4) is 5.75 Å². The molecule has 1 aromatic heterocycles. The molecule has 138 valence electrons. The van der Waals surface area contributed by atoms with Crippen molar-refractivity contribution in [1.29, 1.82) is 0 Å². The van der Waals surface area contributed by atoms with Crippen molar-refractivity contribution in [2.45, 2.75) is 18.4 Å². The van der Waals surface area contributed by atoms with E-state index in [2.05, 4.69) is 4.72 Å². The third-order valence-electron chi connectivity index (χ3n) is 4.36. The van der Waals surface area contributed by atoms with Gasteiger partial charge in [-0.15, -0.1) is 0 Å². The predicted molar refractivity (Wildman–Crippen MR) is 100 cm³/mol. The van der Waals surface area contributed by atoms with Crippen molar-refractivity contribution in [2.24, 2.45) is 7.05 Å². The average Bonchev–Trinajstić information content (AvgIpc) is 2.87. The van der Waals surface area contributed by atoms with Crippen molar-refractivity contribution < 1.29 is 13.2 Å². The highest BCUT2D eigenvalue weighted by molar-refractivity contribution is 7.89. The number of aromatic nitrogens is 2. The van der Waals surface area contributed by atoms with Gasteiger partial charge in [-0.25, -0.2) is 17.9 Å². The highest BCUT2D eigenvalue weighted by Crippen LogP contribution is 2.21. The maximum absolute atomic E-state index is 12.5. The van der Waals surface area contributed by atoms with Crippen LogP contribution in [0.5, 0.6) is 5.75 Å². The van der Waals surface area contributed by atoms with Crippen molar-refractivity contribution in [1.82, 2.24) is 13.9 Å². The summed E-state index contributed by atoms with van der Waals surface area (Å²) < 4.78 is 35.8. The number of methoxy groups -OCH3 is 1. The molecule has 0 aliphatic carbocycles. The van der Waals surface area contributed by atoms with E-state index in [1.807, 2.05) is 24.3 Å². The van der Waals surface area contributed by atoms with Gasteiger partial charge >= 0.3 is 5.69 Å². The molecule has 0 saturated heterocycles. The standard InChI is InChI=1S/C18H21N3O4S/c1-13-12-14(8-9-17(13)25-3)26(23,24)19-10-11-21-16-7-5-4-6-15(16)20(2)18(21)22/h4-9,12,19H,10-11H2,1-3H3. The molecule has 0 unspecified atom stereocenters. The molecule has 0 bridgehead atoms. The number of sulfonamides is 1. The molecule has 8 heteroatoms. The number of hydrogen-bond acceptors (Lipinski definition) is 4. The van der Waals surface area contributed by atoms with Gasteiger partial charge in [-0.05, 0) is 42.8 Å². The van der Waals surface area contributed by atoms with E-state index in [4.69, 9.17) is 4.74 Å². The zero-order valence-corrected chi connectivity index (χ0v) is 15.7. The molecule has 0 atom stereocenters. The highest BCUT2D eigenvalue weighted by Gasteiger charge is 2.16. The first-order valence-electron chi connectivity index (χ1n) is 8.13. The molecule has 7 nitrogen and oxygen atoms in total. The minimum Gasteiger partial charge on any atom is -0.496 e. The topological polar surface area (TPSA) is 82.3 Å². The first-order valence-corrected chi connectivity index (χ1v) is 9.62. The lowest BCUT2D eigenvalue weighted by Crippen LogP contribution is -2.31. The Bertz CT molecular complexity index is 1110. The van der Waals surface area contributed by atoms with Gasteiger partial charge in [0.2, 0.25) is 10.0 Å². The number of fused-ring (bicyclic) bond motifs is 1. The maximum Gasteiger partial charge on any atom is 0.328 e. The van der Waals surface area contributed by atoms with Crippen LogP contribution in [0.1, 0.15) is 5.56 Å². The third-order valence-corrected chi connectivity index (χ3v) is 5.81. The molecule has 3 rings (SSSR count). The minimum absolute atomic E-state index is 0.112. The van der Waals surface area contributed by atoms with E-state index in [1.54, 1.807) is 35.2 Å². The Balaban J connectivity index is 1.79. The summed E-state index contributed by atoms with van der Waals surface area (Å²) in [4.78, 5) is 12.5. The number of rotatable bonds is 6. The van der Waals surface area contributed by atoms with Crippen LogP contribution in [-0.4, -0.2) is 31.2 Å². The van der Waals surface area contributed by atoms with E-state index in [0.717, 1.165) is 16.6 Å². The highest BCUT2D eigenvalue weighted by atomic mass is 32.2. The fourth-order valence-electron chi connectivity index (χ4n) is 2.97. The van der Waals surface area contributed by atoms with Crippen LogP contribution in [0.4, 0.5) is 0 Å². The van der Waals surface area contributed by atoms with E-state index in [0.29, 0.717) is 5.75 Å². The van der Waals surface area contributed by atoms with Crippen molar-refractivity contribution in [3.05, 3.63) is 58.5 Å². The molecule has 1 N–H and O–H groups in total. The van der Waals surface area contributed by atoms with E-state index >= 15 is 0 Å². The van der Waals surface area contributed by atoms with E-state index < -0.39 is 10.0 Å². The fraction of sp³-hybridized carbons (Fsp3) is 0.278. The smallest absolute Gasteiger partial charge is 0.328 e. The maximum atomic E-state index is 12.5. The number of benzene rings is 2. The molecule has 1 heterocycles. The van der Waals surface area contributed by atoms with Gasteiger partial charge < -0.3 is 4.74 Å². The number of nitrogens with one attached hydrogen (secondary N) is 1. The van der Waals surface area contributed by atoms with Crippen LogP contribution < -0.4 is 15.1 Å². The van der Waals surface area contributed by atoms with E-state index in [9.17, 15) is 13.2 Å². The lowest BCUT2D eigenvalue weighted by Gasteiger charge is -2.10. The molecule has 0 aliphatic heterocycles. The predicted octanol–water partition coefficient (Wildman–Crippen LogP) is 1.64. The normalized spacial score (nSPS) is 11.8. The molecule has 0 radical (unpaired) electrons. The van der Waals surface area contributed by atoms with Gasteiger partial charge in [-0.3, -0.25) is 9.13 Å². The molecule has 0 fully saturated rings. The van der Waals surface area contributed by atoms with Crippen LogP contribution in [0.25, 0.3) is 11.0 Å². The Kier molecular flexibility index (Phi) is 4.88. The molecule has 3 aromatic rings. The van der Waals surface area contributed by atoms with Crippen LogP contribution in [0.2, 0.25) is 0 Å². The van der Waals surface area contributed by atoms with Crippen molar-refractivity contribution in [2.75, 3.05) is 13.7 Å². The van der Waals surface area contributed by atoms with Gasteiger partial charge in [0.05, 0.1) is 23.0 Å². The SMILES string of the molecule is COc1ccc(S(=O)(=O)NCCn2c(=O)n(C)c3ccccc32)cc1C. The van der Waals surface area contributed by atoms with Gasteiger partial charge in [-0.1, -0.05) is 12.1 Å². The summed E-state index contributed by atoms with van der Waals surface area (Å²) in [5, 5.41) is 0. The molecular weight excluding hydrogens is 354 g/mol. The Labute approximate surface area is 151 Å². The van der Waals surface area contributed by atoms with Crippen LogP contribution >= 0.6 is 0 Å². The van der Waals surface area contributed by atoms with Gasteiger partial charge in [0, 0.05) is 20.1 Å². The Morgan fingerprint density at radius 1 is 1.12 bits per heavy atom. The number of aryl methyl sites for hydroxylation is 2. The first kappa shape index (κ1) is 18.2. The van der Waals surface area contributed by atoms with Crippen LogP contribution in [0.15, 0.2) is 52.2 Å². The molecule has 26 heavy (non-hydrogen) atoms. The van der Waals surface area contributed by atoms with Gasteiger partial charge in [0.15, 0.2) is 0 Å². The van der Waals surface area contributed by atoms with Crippen LogP contribution in [0, 0.1) is 6.92 Å². The Morgan fingerprint density at radius 2 is 1.81 bits per heavy atom. The number of para-hydroxylation sites is 2. The second-order valence-corrected chi connectivity index (χ2v) is 7.78. The third kappa shape index (κ3) is 3.25. The fourth-order valence-corrected chi connectivity index (χ4v) is 4.08. The summed E-state index contributed by atoms with van der Waals surface area (Å²) in [7, 11) is -0.427. The summed E-state index contributed by atoms with van der Waals surface area (Å²) in [6.45, 7) is 2.14. The van der Waals surface area contributed by atoms with Crippen molar-refractivity contribution >= 4 is 21.1 Å². The number of nitrogens with zero attached hydrogens (tertiary/aromatic N) is 2. The Hall–Kier alpha value is -2.58. The molecule has 0 amide bonds. The summed E-state index contributed by atoms with van der Waals surface area (Å²) in [6.07, 6.45) is 0. The molecule has 0 saturated carbocycles. The number of hydrogen-bond donors (Lipinski definition) is 1. The second-order valence-electron chi connectivity index (χ2n) is 6.01. The summed E-state index contributed by atoms with van der Waals surface area (Å²) in [5.41, 5.74) is 2.15. The molecule has 0 aliphatic rings. The zero-order valence-electron chi connectivity index (χ0n) is 14.9. The van der Waals surface area contributed by atoms with Gasteiger partial charge in [-0.2, -0.15) is 0 Å². The monoisotopic (exact) mass is 375 g/mol. The largest absolute Gasteiger partial charge is 0.496 e. The molecule has 0 spiro atoms. The summed E-state index contributed by atoms with van der Waals surface area (Å²) in [5.74, 6) is 0.631. The number of imidazole rings is 1. The van der Waals surface area contributed by atoms with E-state index in [1.165, 1.54) is 13.2 Å². The lowest BCUT2D eigenvalue weighted by atomic mass is 10.2. The van der Waals surface area contributed by atoms with E-state index in [-0.39, 0.29) is 23.7 Å². The quantitative estimate of drug-likeness (QED) is 0.710. The second kappa shape index (κ2) is 6.97. The first-order chi connectivity index (χ1) is 12.3. The molecule has 2 aromatic carbocycles.